The molecule has 0 unspecified atom stereocenters. The van der Waals surface area contributed by atoms with Crippen LogP contribution in [-0.2, 0) is 0 Å². The molecule has 260 valence electrons. The highest BCUT2D eigenvalue weighted by Crippen LogP contribution is 2.29. The normalized spacial score (nSPS) is 22.0. The smallest absolute Gasteiger partial charge is 0.0237 e. The molecule has 0 amide bonds. The van der Waals surface area contributed by atoms with Crippen molar-refractivity contribution >= 4 is 39.3 Å². The summed E-state index contributed by atoms with van der Waals surface area (Å²) >= 11 is 0. The lowest BCUT2D eigenvalue weighted by Crippen LogP contribution is -2.21. The highest BCUT2D eigenvalue weighted by molar-refractivity contribution is 5.96. The van der Waals surface area contributed by atoms with Crippen LogP contribution in [0.15, 0.2) is 249 Å². The number of benzene rings is 4. The van der Waals surface area contributed by atoms with Gasteiger partial charge in [-0.2, -0.15) is 0 Å². The quantitative estimate of drug-likeness (QED) is 0.177. The first-order chi connectivity index (χ1) is 26.6. The van der Waals surface area contributed by atoms with E-state index in [0.29, 0.717) is 0 Å². The molecular weight excluding hydrogens is 649 g/mol. The van der Waals surface area contributed by atoms with Gasteiger partial charge in [0.2, 0.25) is 0 Å². The van der Waals surface area contributed by atoms with E-state index in [1.54, 1.807) is 0 Å². The predicted molar refractivity (Wildman–Crippen MR) is 238 cm³/mol. The Hall–Kier alpha value is -6.98. The molecule has 0 heteroatoms. The minimum atomic E-state index is 0.770. The fourth-order valence-electron chi connectivity index (χ4n) is 6.08. The van der Waals surface area contributed by atoms with E-state index in [4.69, 9.17) is 0 Å². The van der Waals surface area contributed by atoms with Crippen LogP contribution < -0.4 is 10.4 Å². The molecule has 4 aromatic rings. The Labute approximate surface area is 320 Å². The Balaban J connectivity index is 1.35. The second-order valence-corrected chi connectivity index (χ2v) is 12.8. The van der Waals surface area contributed by atoms with Gasteiger partial charge < -0.3 is 0 Å². The molecule has 2 aliphatic rings. The second kappa shape index (κ2) is 19.6. The largest absolute Gasteiger partial charge is 0.112 e. The Morgan fingerprint density at radius 1 is 0.648 bits per heavy atom. The van der Waals surface area contributed by atoms with Crippen molar-refractivity contribution in [1.82, 2.24) is 0 Å². The molecule has 0 atom stereocenters. The van der Waals surface area contributed by atoms with Crippen LogP contribution in [0.5, 0.6) is 0 Å². The monoisotopic (exact) mass is 692 g/mol. The van der Waals surface area contributed by atoms with Crippen molar-refractivity contribution in [1.29, 1.82) is 0 Å². The van der Waals surface area contributed by atoms with E-state index >= 15 is 0 Å². The van der Waals surface area contributed by atoms with Gasteiger partial charge in [-0.15, -0.1) is 5.73 Å². The van der Waals surface area contributed by atoms with Crippen molar-refractivity contribution in [2.45, 2.75) is 6.42 Å². The van der Waals surface area contributed by atoms with Gasteiger partial charge in [-0.25, -0.2) is 0 Å². The molecule has 0 saturated heterocycles. The van der Waals surface area contributed by atoms with Gasteiger partial charge in [-0.05, 0) is 85.2 Å². The van der Waals surface area contributed by atoms with Crippen molar-refractivity contribution in [3.05, 3.63) is 276 Å². The maximum atomic E-state index is 4.45. The molecule has 0 bridgehead atoms. The van der Waals surface area contributed by atoms with Crippen molar-refractivity contribution in [3.8, 4) is 0 Å². The number of fused-ring (bicyclic) bond motifs is 2. The Morgan fingerprint density at radius 2 is 1.41 bits per heavy atom. The van der Waals surface area contributed by atoms with Crippen LogP contribution in [0.4, 0.5) is 0 Å². The van der Waals surface area contributed by atoms with Crippen LogP contribution in [0.25, 0.3) is 39.3 Å². The topological polar surface area (TPSA) is 0 Å². The van der Waals surface area contributed by atoms with Gasteiger partial charge in [0.15, 0.2) is 0 Å². The number of hydrogen-bond acceptors (Lipinski definition) is 0. The van der Waals surface area contributed by atoms with E-state index in [0.717, 1.165) is 50.3 Å². The van der Waals surface area contributed by atoms with E-state index in [9.17, 15) is 0 Å². The number of rotatable bonds is 6. The SMILES string of the molecule is C=C1\C=C/C=C\C=C(c2cccc(C(=C)\C=C/C=C(/C=C3/C=C\C=C/C=C=c4cccc/c4=C/C=C/C=C/C=C\C3)c3cccc4ccccc34)c2)\C=C/1. The van der Waals surface area contributed by atoms with E-state index in [1.807, 2.05) is 42.5 Å². The molecule has 0 fully saturated rings. The third-order valence-corrected chi connectivity index (χ3v) is 8.90. The zero-order valence-electron chi connectivity index (χ0n) is 30.6. The number of allylic oxidation sites excluding steroid dienone is 27. The molecule has 0 radical (unpaired) electrons. The summed E-state index contributed by atoms with van der Waals surface area (Å²) in [5, 5.41) is 4.60. The van der Waals surface area contributed by atoms with E-state index < -0.39 is 0 Å². The van der Waals surface area contributed by atoms with Crippen LogP contribution in [0.2, 0.25) is 0 Å². The molecule has 0 aromatic heterocycles. The Bertz CT molecular complexity index is 2560. The van der Waals surface area contributed by atoms with Crippen LogP contribution >= 0.6 is 0 Å². The van der Waals surface area contributed by atoms with Crippen LogP contribution in [-0.4, -0.2) is 0 Å². The molecule has 0 spiro atoms. The van der Waals surface area contributed by atoms with Gasteiger partial charge in [-0.1, -0.05) is 226 Å². The average Bonchev–Trinajstić information content (AvgIpc) is 3.31. The molecule has 0 saturated carbocycles. The highest BCUT2D eigenvalue weighted by Gasteiger charge is 2.06. The summed E-state index contributed by atoms with van der Waals surface area (Å²) < 4.78 is 0. The molecule has 2 aliphatic carbocycles. The van der Waals surface area contributed by atoms with E-state index in [1.165, 1.54) is 21.9 Å². The summed E-state index contributed by atoms with van der Waals surface area (Å²) in [5.41, 5.74) is 12.1. The molecule has 0 N–H and O–H groups in total. The minimum absolute atomic E-state index is 0.770. The zero-order chi connectivity index (χ0) is 37.2. The lowest BCUT2D eigenvalue weighted by molar-refractivity contribution is 1.29. The molecule has 0 heterocycles. The number of hydrogen-bond donors (Lipinski definition) is 0. The van der Waals surface area contributed by atoms with Crippen molar-refractivity contribution in [3.63, 3.8) is 0 Å². The molecule has 54 heavy (non-hydrogen) atoms. The van der Waals surface area contributed by atoms with Crippen molar-refractivity contribution in [2.75, 3.05) is 0 Å². The van der Waals surface area contributed by atoms with Gasteiger partial charge in [0, 0.05) is 5.22 Å². The Kier molecular flexibility index (Phi) is 13.3. The first-order valence-electron chi connectivity index (χ1n) is 18.3. The fraction of sp³-hybridized carbons (Fsp3) is 0.0185. The van der Waals surface area contributed by atoms with Gasteiger partial charge in [-0.3, -0.25) is 0 Å². The van der Waals surface area contributed by atoms with Gasteiger partial charge in [0.1, 0.15) is 0 Å². The predicted octanol–water partition coefficient (Wildman–Crippen LogP) is 12.6. The molecule has 6 rings (SSSR count). The highest BCUT2D eigenvalue weighted by atomic mass is 14.1. The summed E-state index contributed by atoms with van der Waals surface area (Å²) in [6, 6.07) is 31.9. The third kappa shape index (κ3) is 10.8. The van der Waals surface area contributed by atoms with Crippen LogP contribution in [0, 0.1) is 0 Å². The van der Waals surface area contributed by atoms with Gasteiger partial charge in [0.05, 0.1) is 0 Å². The molecule has 0 nitrogen and oxygen atoms in total. The molecular formula is C54H44. The second-order valence-electron chi connectivity index (χ2n) is 12.8. The summed E-state index contributed by atoms with van der Waals surface area (Å²) in [7, 11) is 0. The van der Waals surface area contributed by atoms with Crippen LogP contribution in [0.1, 0.15) is 23.1 Å². The summed E-state index contributed by atoms with van der Waals surface area (Å²) in [6.45, 7) is 8.57. The maximum absolute atomic E-state index is 4.45. The maximum Gasteiger partial charge on any atom is 0.0237 e. The summed E-state index contributed by atoms with van der Waals surface area (Å²) in [5.74, 6) is 0. The van der Waals surface area contributed by atoms with Gasteiger partial charge >= 0.3 is 0 Å². The summed E-state index contributed by atoms with van der Waals surface area (Å²) in [4.78, 5) is 0. The first-order valence-corrected chi connectivity index (χ1v) is 18.3. The van der Waals surface area contributed by atoms with Crippen molar-refractivity contribution < 1.29 is 0 Å². The average molecular weight is 693 g/mol. The standard InChI is InChI=1S/C54H44/c1-43-23-10-9-15-29-48(40-39-43)51-35-21-34-50(42-51)44(2)24-20-36-52(54-38-22-33-49-32-18-19-37-53(49)54)41-45-25-11-5-3-4-6-13-27-46-30-16-17-31-47(46)28-14-8-7-12-26-45/h3-24,26-27,29-42H,1-2,25H2/b4-3+,8-7-,11-5-,13-6+,15-9-,23-10-,24-20-,26-12-,40-39-,45-41+,46-27-,48-29-,52-36-. The minimum Gasteiger partial charge on any atom is -0.112 e. The van der Waals surface area contributed by atoms with E-state index in [-0.39, 0.29) is 0 Å². The fourth-order valence-corrected chi connectivity index (χ4v) is 6.08. The first kappa shape index (κ1) is 36.8. The lowest BCUT2D eigenvalue weighted by atomic mass is 9.95. The molecule has 4 aromatic carbocycles. The van der Waals surface area contributed by atoms with E-state index in [2.05, 4.69) is 207 Å². The molecule has 0 aliphatic heterocycles. The Morgan fingerprint density at radius 3 is 2.37 bits per heavy atom. The summed E-state index contributed by atoms with van der Waals surface area (Å²) in [6.07, 6.45) is 48.8. The van der Waals surface area contributed by atoms with Crippen LogP contribution in [0.3, 0.4) is 0 Å². The zero-order valence-corrected chi connectivity index (χ0v) is 30.6. The lowest BCUT2D eigenvalue weighted by Gasteiger charge is -2.10. The third-order valence-electron chi connectivity index (χ3n) is 8.90. The van der Waals surface area contributed by atoms with Crippen molar-refractivity contribution in [2.24, 2.45) is 0 Å². The van der Waals surface area contributed by atoms with Gasteiger partial charge in [0.25, 0.3) is 0 Å².